The van der Waals surface area contributed by atoms with Crippen molar-refractivity contribution in [2.45, 2.75) is 24.9 Å². The molecular formula is C16H16F2N6. The van der Waals surface area contributed by atoms with Crippen molar-refractivity contribution in [3.8, 4) is 11.4 Å². The minimum Gasteiger partial charge on any atom is -0.365 e. The Hall–Kier alpha value is -2.61. The van der Waals surface area contributed by atoms with Crippen molar-refractivity contribution in [2.24, 2.45) is 0 Å². The zero-order valence-electron chi connectivity index (χ0n) is 12.7. The number of anilines is 1. The van der Waals surface area contributed by atoms with E-state index in [4.69, 9.17) is 0 Å². The lowest BCUT2D eigenvalue weighted by molar-refractivity contribution is 0.107. The average Bonchev–Trinajstić information content (AvgIpc) is 3.22. The number of alkyl halides is 2. The van der Waals surface area contributed by atoms with Crippen LogP contribution >= 0.6 is 0 Å². The van der Waals surface area contributed by atoms with Crippen molar-refractivity contribution >= 4 is 11.5 Å². The second-order valence-electron chi connectivity index (χ2n) is 5.79. The molecule has 1 aliphatic rings. The molecule has 1 unspecified atom stereocenters. The number of rotatable bonds is 4. The SMILES string of the molecule is FC(F)[C@@H]1CC(Nc2cncc(-c3cnc4ccccn34)n2)CN1. The lowest BCUT2D eigenvalue weighted by atomic mass is 10.2. The van der Waals surface area contributed by atoms with Gasteiger partial charge in [0.05, 0.1) is 30.3 Å². The number of imidazole rings is 1. The van der Waals surface area contributed by atoms with Crippen LogP contribution in [0, 0.1) is 0 Å². The summed E-state index contributed by atoms with van der Waals surface area (Å²) in [4.78, 5) is 13.1. The molecule has 24 heavy (non-hydrogen) atoms. The highest BCUT2D eigenvalue weighted by Gasteiger charge is 2.30. The zero-order chi connectivity index (χ0) is 16.5. The van der Waals surface area contributed by atoms with E-state index >= 15 is 0 Å². The maximum absolute atomic E-state index is 12.7. The molecule has 6 nitrogen and oxygen atoms in total. The Kier molecular flexibility index (Phi) is 3.81. The first-order chi connectivity index (χ1) is 11.7. The van der Waals surface area contributed by atoms with E-state index in [2.05, 4.69) is 25.6 Å². The Bertz CT molecular complexity index is 849. The fourth-order valence-electron chi connectivity index (χ4n) is 2.96. The highest BCUT2D eigenvalue weighted by Crippen LogP contribution is 2.21. The molecule has 0 aliphatic carbocycles. The van der Waals surface area contributed by atoms with E-state index < -0.39 is 12.5 Å². The number of hydrogen-bond donors (Lipinski definition) is 2. The van der Waals surface area contributed by atoms with Crippen LogP contribution in [-0.4, -0.2) is 44.4 Å². The summed E-state index contributed by atoms with van der Waals surface area (Å²) in [6.07, 6.45) is 4.92. The van der Waals surface area contributed by atoms with E-state index in [0.29, 0.717) is 24.5 Å². The highest BCUT2D eigenvalue weighted by atomic mass is 19.3. The minimum absolute atomic E-state index is 0.0873. The third-order valence-corrected chi connectivity index (χ3v) is 4.14. The Morgan fingerprint density at radius 3 is 3.00 bits per heavy atom. The molecule has 4 rings (SSSR count). The zero-order valence-corrected chi connectivity index (χ0v) is 12.7. The van der Waals surface area contributed by atoms with Gasteiger partial charge in [-0.3, -0.25) is 9.38 Å². The summed E-state index contributed by atoms with van der Waals surface area (Å²) >= 11 is 0. The molecule has 1 saturated heterocycles. The van der Waals surface area contributed by atoms with Gasteiger partial charge >= 0.3 is 0 Å². The third-order valence-electron chi connectivity index (χ3n) is 4.14. The molecule has 4 heterocycles. The van der Waals surface area contributed by atoms with Crippen LogP contribution < -0.4 is 10.6 Å². The number of nitrogens with zero attached hydrogens (tertiary/aromatic N) is 4. The van der Waals surface area contributed by atoms with E-state index in [1.807, 2.05) is 28.8 Å². The fraction of sp³-hybridized carbons (Fsp3) is 0.312. The Labute approximate surface area is 137 Å². The topological polar surface area (TPSA) is 67.1 Å². The summed E-state index contributed by atoms with van der Waals surface area (Å²) in [5, 5.41) is 5.99. The van der Waals surface area contributed by atoms with E-state index in [-0.39, 0.29) is 6.04 Å². The van der Waals surface area contributed by atoms with Gasteiger partial charge < -0.3 is 10.6 Å². The van der Waals surface area contributed by atoms with Gasteiger partial charge in [-0.05, 0) is 18.6 Å². The number of aromatic nitrogens is 4. The molecule has 0 spiro atoms. The standard InChI is InChI=1S/C16H16F2N6/c17-16(18)11-5-10(6-20-11)22-14-9-19-7-12(23-14)13-8-21-15-3-1-2-4-24(13)15/h1-4,7-11,16,20H,5-6H2,(H,22,23)/t10?,11-/m0/s1. The highest BCUT2D eigenvalue weighted by molar-refractivity contribution is 5.60. The van der Waals surface area contributed by atoms with Gasteiger partial charge in [0.2, 0.25) is 0 Å². The van der Waals surface area contributed by atoms with Gasteiger partial charge in [0, 0.05) is 18.8 Å². The van der Waals surface area contributed by atoms with E-state index in [9.17, 15) is 8.78 Å². The number of pyridine rings is 1. The van der Waals surface area contributed by atoms with Crippen LogP contribution in [0.3, 0.4) is 0 Å². The van der Waals surface area contributed by atoms with Crippen LogP contribution in [0.4, 0.5) is 14.6 Å². The summed E-state index contributed by atoms with van der Waals surface area (Å²) in [6.45, 7) is 0.483. The summed E-state index contributed by atoms with van der Waals surface area (Å²) in [6, 6.07) is 4.89. The van der Waals surface area contributed by atoms with Gasteiger partial charge in [-0.2, -0.15) is 0 Å². The van der Waals surface area contributed by atoms with E-state index in [1.165, 1.54) is 0 Å². The van der Waals surface area contributed by atoms with Crippen molar-refractivity contribution in [1.82, 2.24) is 24.7 Å². The number of fused-ring (bicyclic) bond motifs is 1. The molecular weight excluding hydrogens is 314 g/mol. The first-order valence-electron chi connectivity index (χ1n) is 7.73. The maximum atomic E-state index is 12.7. The molecule has 3 aromatic rings. The summed E-state index contributed by atoms with van der Waals surface area (Å²) in [5.74, 6) is 0.570. The molecule has 0 bridgehead atoms. The van der Waals surface area contributed by atoms with E-state index in [0.717, 1.165) is 11.3 Å². The fourth-order valence-corrected chi connectivity index (χ4v) is 2.96. The largest absolute Gasteiger partial charge is 0.365 e. The second kappa shape index (κ2) is 6.12. The summed E-state index contributed by atoms with van der Waals surface area (Å²) in [7, 11) is 0. The molecule has 2 atom stereocenters. The number of hydrogen-bond acceptors (Lipinski definition) is 5. The second-order valence-corrected chi connectivity index (χ2v) is 5.79. The molecule has 3 aromatic heterocycles. The van der Waals surface area contributed by atoms with Gasteiger partial charge in [0.25, 0.3) is 6.43 Å². The summed E-state index contributed by atoms with van der Waals surface area (Å²) < 4.78 is 27.4. The average molecular weight is 330 g/mol. The summed E-state index contributed by atoms with van der Waals surface area (Å²) in [5.41, 5.74) is 2.33. The van der Waals surface area contributed by atoms with Crippen LogP contribution in [0.2, 0.25) is 0 Å². The van der Waals surface area contributed by atoms with Crippen LogP contribution in [0.5, 0.6) is 0 Å². The van der Waals surface area contributed by atoms with Crippen LogP contribution in [-0.2, 0) is 0 Å². The molecule has 1 fully saturated rings. The number of halogens is 2. The molecule has 2 N–H and O–H groups in total. The lowest BCUT2D eigenvalue weighted by Crippen LogP contribution is -2.28. The molecule has 0 saturated carbocycles. The molecule has 0 radical (unpaired) electrons. The normalized spacial score (nSPS) is 20.8. The Morgan fingerprint density at radius 2 is 2.17 bits per heavy atom. The molecule has 1 aliphatic heterocycles. The maximum Gasteiger partial charge on any atom is 0.253 e. The Morgan fingerprint density at radius 1 is 1.25 bits per heavy atom. The van der Waals surface area contributed by atoms with Crippen molar-refractivity contribution in [2.75, 3.05) is 11.9 Å². The van der Waals surface area contributed by atoms with Gasteiger partial charge in [-0.25, -0.2) is 18.7 Å². The van der Waals surface area contributed by atoms with Crippen molar-refractivity contribution < 1.29 is 8.78 Å². The first kappa shape index (κ1) is 14.9. The van der Waals surface area contributed by atoms with Crippen LogP contribution in [0.15, 0.2) is 43.0 Å². The predicted molar refractivity (Wildman–Crippen MR) is 86.0 cm³/mol. The van der Waals surface area contributed by atoms with Crippen LogP contribution in [0.25, 0.3) is 17.0 Å². The van der Waals surface area contributed by atoms with Gasteiger partial charge in [-0.1, -0.05) is 6.07 Å². The molecule has 124 valence electrons. The van der Waals surface area contributed by atoms with Gasteiger partial charge in [-0.15, -0.1) is 0 Å². The molecule has 8 heteroatoms. The third kappa shape index (κ3) is 2.80. The van der Waals surface area contributed by atoms with Gasteiger partial charge in [0.15, 0.2) is 0 Å². The van der Waals surface area contributed by atoms with Crippen LogP contribution in [0.1, 0.15) is 6.42 Å². The van der Waals surface area contributed by atoms with Crippen molar-refractivity contribution in [3.63, 3.8) is 0 Å². The monoisotopic (exact) mass is 330 g/mol. The Balaban J connectivity index is 1.56. The van der Waals surface area contributed by atoms with E-state index in [1.54, 1.807) is 18.6 Å². The van der Waals surface area contributed by atoms with Crippen molar-refractivity contribution in [3.05, 3.63) is 43.0 Å². The number of nitrogens with one attached hydrogen (secondary N) is 2. The van der Waals surface area contributed by atoms with Gasteiger partial charge in [0.1, 0.15) is 17.2 Å². The molecule has 0 aromatic carbocycles. The minimum atomic E-state index is -2.35. The molecule has 0 amide bonds. The quantitative estimate of drug-likeness (QED) is 0.768. The smallest absolute Gasteiger partial charge is 0.253 e. The first-order valence-corrected chi connectivity index (χ1v) is 7.73. The van der Waals surface area contributed by atoms with Crippen molar-refractivity contribution in [1.29, 1.82) is 0 Å². The predicted octanol–water partition coefficient (Wildman–Crippen LogP) is 2.20. The lowest BCUT2D eigenvalue weighted by Gasteiger charge is -2.13.